The van der Waals surface area contributed by atoms with Crippen LogP contribution < -0.4 is 9.47 Å². The van der Waals surface area contributed by atoms with Crippen molar-refractivity contribution in [1.82, 2.24) is 4.90 Å². The topological polar surface area (TPSA) is 159 Å². The first kappa shape index (κ1) is 24.4. The van der Waals surface area contributed by atoms with E-state index in [1.807, 2.05) is 0 Å². The molecule has 1 aliphatic rings. The number of amides is 2. The maximum absolute atomic E-state index is 12.9. The van der Waals surface area contributed by atoms with Crippen LogP contribution in [0, 0.1) is 20.2 Å². The predicted molar refractivity (Wildman–Crippen MR) is 120 cm³/mol. The molecule has 1 fully saturated rings. The Morgan fingerprint density at radius 1 is 1.12 bits per heavy atom. The Labute approximate surface area is 196 Å². The van der Waals surface area contributed by atoms with Gasteiger partial charge in [-0.2, -0.15) is 0 Å². The third kappa shape index (κ3) is 5.04. The minimum Gasteiger partial charge on any atom is -0.485 e. The maximum Gasteiger partial charge on any atom is 0.322 e. The molecular weight excluding hydrogens is 470 g/mol. The minimum absolute atomic E-state index is 0.0327. The van der Waals surface area contributed by atoms with Gasteiger partial charge < -0.3 is 9.47 Å². The molecule has 0 bridgehead atoms. The second-order valence-corrected chi connectivity index (χ2v) is 7.76. The standard InChI is InChI=1S/C21H17N3O9S/c1-3-32-19-16(33-12(2)25)9-8-13(18(19)24(30)31)10-17-20(26)22(21(27)34-17)11-14-6-4-5-7-15(14)23(28)29/h4-10H,3,11H2,1-2H3/b17-10-. The molecule has 0 atom stereocenters. The Bertz CT molecular complexity index is 1240. The Kier molecular flexibility index (Phi) is 7.26. The van der Waals surface area contributed by atoms with Crippen LogP contribution in [0.2, 0.25) is 0 Å². The Morgan fingerprint density at radius 2 is 1.82 bits per heavy atom. The highest BCUT2D eigenvalue weighted by molar-refractivity contribution is 8.18. The van der Waals surface area contributed by atoms with Crippen LogP contribution >= 0.6 is 11.8 Å². The van der Waals surface area contributed by atoms with Gasteiger partial charge in [-0.15, -0.1) is 0 Å². The fourth-order valence-electron chi connectivity index (χ4n) is 3.16. The Morgan fingerprint density at radius 3 is 2.44 bits per heavy atom. The molecule has 0 radical (unpaired) electrons. The third-order valence-corrected chi connectivity index (χ3v) is 5.44. The van der Waals surface area contributed by atoms with Crippen molar-refractivity contribution in [3.63, 3.8) is 0 Å². The van der Waals surface area contributed by atoms with Crippen molar-refractivity contribution in [3.05, 3.63) is 72.7 Å². The van der Waals surface area contributed by atoms with Crippen LogP contribution in [-0.2, 0) is 16.1 Å². The summed E-state index contributed by atoms with van der Waals surface area (Å²) < 4.78 is 10.3. The highest BCUT2D eigenvalue weighted by Gasteiger charge is 2.37. The first-order valence-electron chi connectivity index (χ1n) is 9.74. The maximum atomic E-state index is 12.9. The van der Waals surface area contributed by atoms with Crippen molar-refractivity contribution >= 4 is 46.3 Å². The molecule has 0 aromatic heterocycles. The number of hydrogen-bond acceptors (Lipinski definition) is 10. The smallest absolute Gasteiger partial charge is 0.322 e. The van der Waals surface area contributed by atoms with E-state index in [1.54, 1.807) is 13.0 Å². The van der Waals surface area contributed by atoms with E-state index in [1.165, 1.54) is 30.3 Å². The second-order valence-electron chi connectivity index (χ2n) is 6.77. The van der Waals surface area contributed by atoms with Gasteiger partial charge in [0.05, 0.1) is 33.5 Å². The van der Waals surface area contributed by atoms with E-state index in [0.717, 1.165) is 17.9 Å². The van der Waals surface area contributed by atoms with Gasteiger partial charge in [-0.25, -0.2) is 0 Å². The SMILES string of the molecule is CCOc1c(OC(C)=O)ccc(/C=C2\SC(=O)N(Cc3ccccc3[N+](=O)[O-])C2=O)c1[N+](=O)[O-]. The Hall–Kier alpha value is -4.26. The quantitative estimate of drug-likeness (QED) is 0.175. The van der Waals surface area contributed by atoms with Crippen LogP contribution in [-0.4, -0.2) is 38.5 Å². The van der Waals surface area contributed by atoms with Gasteiger partial charge in [0.15, 0.2) is 5.75 Å². The molecule has 2 amide bonds. The zero-order valence-corrected chi connectivity index (χ0v) is 18.7. The number of carbonyl (C=O) groups excluding carboxylic acids is 3. The summed E-state index contributed by atoms with van der Waals surface area (Å²) in [6.45, 7) is 2.41. The van der Waals surface area contributed by atoms with E-state index in [-0.39, 0.29) is 46.4 Å². The average molecular weight is 487 g/mol. The summed E-state index contributed by atoms with van der Waals surface area (Å²) in [5, 5.41) is 22.4. The summed E-state index contributed by atoms with van der Waals surface area (Å²) >= 11 is 0.545. The molecular formula is C21H17N3O9S. The van der Waals surface area contributed by atoms with E-state index in [9.17, 15) is 34.6 Å². The molecule has 1 saturated heterocycles. The number of nitrogens with zero attached hydrogens (tertiary/aromatic N) is 3. The van der Waals surface area contributed by atoms with E-state index in [0.29, 0.717) is 11.8 Å². The number of hydrogen-bond donors (Lipinski definition) is 0. The van der Waals surface area contributed by atoms with E-state index >= 15 is 0 Å². The second kappa shape index (κ2) is 10.1. The molecule has 0 unspecified atom stereocenters. The number of ether oxygens (including phenoxy) is 2. The molecule has 176 valence electrons. The molecule has 2 aromatic carbocycles. The molecule has 0 aliphatic carbocycles. The number of esters is 1. The summed E-state index contributed by atoms with van der Waals surface area (Å²) in [5.74, 6) is -1.93. The number of carbonyl (C=O) groups is 3. The lowest BCUT2D eigenvalue weighted by atomic mass is 10.1. The van der Waals surface area contributed by atoms with Crippen molar-refractivity contribution in [1.29, 1.82) is 0 Å². The van der Waals surface area contributed by atoms with Crippen LogP contribution in [0.3, 0.4) is 0 Å². The molecule has 1 aliphatic heterocycles. The number of nitro groups is 2. The van der Waals surface area contributed by atoms with Crippen molar-refractivity contribution in [3.8, 4) is 11.5 Å². The van der Waals surface area contributed by atoms with Crippen molar-refractivity contribution in [2.75, 3.05) is 6.61 Å². The summed E-state index contributed by atoms with van der Waals surface area (Å²) in [6, 6.07) is 8.23. The number of rotatable bonds is 8. The Balaban J connectivity index is 2.00. The molecule has 1 heterocycles. The highest BCUT2D eigenvalue weighted by atomic mass is 32.2. The summed E-state index contributed by atoms with van der Waals surface area (Å²) in [7, 11) is 0. The van der Waals surface area contributed by atoms with E-state index in [4.69, 9.17) is 9.47 Å². The van der Waals surface area contributed by atoms with Gasteiger partial charge in [0.2, 0.25) is 5.75 Å². The van der Waals surface area contributed by atoms with Crippen molar-refractivity contribution in [2.45, 2.75) is 20.4 Å². The van der Waals surface area contributed by atoms with Crippen LogP contribution in [0.1, 0.15) is 25.0 Å². The van der Waals surface area contributed by atoms with Crippen LogP contribution in [0.5, 0.6) is 11.5 Å². The van der Waals surface area contributed by atoms with Crippen molar-refractivity contribution in [2.24, 2.45) is 0 Å². The molecule has 0 saturated carbocycles. The fourth-order valence-corrected chi connectivity index (χ4v) is 3.99. The molecule has 0 spiro atoms. The number of nitro benzene ring substituents is 2. The molecule has 13 heteroatoms. The van der Waals surface area contributed by atoms with Gasteiger partial charge in [-0.1, -0.05) is 18.2 Å². The van der Waals surface area contributed by atoms with E-state index < -0.39 is 32.6 Å². The minimum atomic E-state index is -0.760. The fraction of sp³-hybridized carbons (Fsp3) is 0.190. The summed E-state index contributed by atoms with van der Waals surface area (Å²) in [5.41, 5.74) is -0.693. The average Bonchev–Trinajstić information content (AvgIpc) is 3.02. The zero-order chi connectivity index (χ0) is 25.0. The van der Waals surface area contributed by atoms with E-state index in [2.05, 4.69) is 0 Å². The highest BCUT2D eigenvalue weighted by Crippen LogP contribution is 2.43. The molecule has 2 aromatic rings. The molecule has 3 rings (SSSR count). The number of imide groups is 1. The largest absolute Gasteiger partial charge is 0.485 e. The van der Waals surface area contributed by atoms with Gasteiger partial charge in [0.1, 0.15) is 0 Å². The summed E-state index contributed by atoms with van der Waals surface area (Å²) in [4.78, 5) is 59.1. The third-order valence-electron chi connectivity index (χ3n) is 4.53. The van der Waals surface area contributed by atoms with Crippen LogP contribution in [0.25, 0.3) is 6.08 Å². The lowest BCUT2D eigenvalue weighted by Crippen LogP contribution is -2.27. The number of thioether (sulfide) groups is 1. The number of para-hydroxylation sites is 1. The molecule has 12 nitrogen and oxygen atoms in total. The first-order valence-corrected chi connectivity index (χ1v) is 10.6. The van der Waals surface area contributed by atoms with Gasteiger partial charge in [0, 0.05) is 18.6 Å². The molecule has 34 heavy (non-hydrogen) atoms. The van der Waals surface area contributed by atoms with Crippen molar-refractivity contribution < 1.29 is 33.7 Å². The van der Waals surface area contributed by atoms with Gasteiger partial charge in [-0.05, 0) is 36.9 Å². The van der Waals surface area contributed by atoms with Gasteiger partial charge in [-0.3, -0.25) is 39.5 Å². The van der Waals surface area contributed by atoms with Gasteiger partial charge >= 0.3 is 11.7 Å². The monoisotopic (exact) mass is 487 g/mol. The molecule has 0 N–H and O–H groups in total. The van der Waals surface area contributed by atoms with Crippen LogP contribution in [0.15, 0.2) is 41.3 Å². The lowest BCUT2D eigenvalue weighted by Gasteiger charge is -2.13. The predicted octanol–water partition coefficient (Wildman–Crippen LogP) is 4.06. The lowest BCUT2D eigenvalue weighted by molar-refractivity contribution is -0.386. The van der Waals surface area contributed by atoms with Crippen LogP contribution in [0.4, 0.5) is 16.2 Å². The zero-order valence-electron chi connectivity index (χ0n) is 17.9. The number of benzene rings is 2. The van der Waals surface area contributed by atoms with Gasteiger partial charge in [0.25, 0.3) is 16.8 Å². The normalized spacial score (nSPS) is 14.4. The summed E-state index contributed by atoms with van der Waals surface area (Å²) in [6.07, 6.45) is 1.16. The first-order chi connectivity index (χ1) is 16.1.